The summed E-state index contributed by atoms with van der Waals surface area (Å²) in [5.41, 5.74) is 5.03. The lowest BCUT2D eigenvalue weighted by Crippen LogP contribution is -2.29. The number of methoxy groups -OCH3 is 1. The Hall–Kier alpha value is -1.92. The van der Waals surface area contributed by atoms with Gasteiger partial charge in [-0.3, -0.25) is 20.9 Å². The van der Waals surface area contributed by atoms with Crippen LogP contribution < -0.4 is 16.0 Å². The summed E-state index contributed by atoms with van der Waals surface area (Å²) in [5, 5.41) is 4.16. The van der Waals surface area contributed by atoms with Crippen LogP contribution in [0.2, 0.25) is 0 Å². The minimum absolute atomic E-state index is 0.0212. The molecule has 1 atom stereocenters. The molecule has 2 aromatic rings. The molecule has 2 heterocycles. The van der Waals surface area contributed by atoms with Crippen LogP contribution in [0.1, 0.15) is 23.7 Å². The number of aromatic nitrogens is 3. The van der Waals surface area contributed by atoms with Crippen molar-refractivity contribution in [1.29, 1.82) is 0 Å². The second kappa shape index (κ2) is 6.31. The van der Waals surface area contributed by atoms with Crippen LogP contribution in [0.5, 0.6) is 5.75 Å². The largest absolute Gasteiger partial charge is 0.495 e. The fraction of sp³-hybridized carbons (Fsp3) is 0.385. The summed E-state index contributed by atoms with van der Waals surface area (Å²) >= 11 is 0. The molecule has 3 N–H and O–H groups in total. The van der Waals surface area contributed by atoms with E-state index in [0.29, 0.717) is 0 Å². The highest BCUT2D eigenvalue weighted by molar-refractivity contribution is 5.32. The topological polar surface area (TPSA) is 78.0 Å². The molecule has 0 radical (unpaired) electrons. The van der Waals surface area contributed by atoms with Gasteiger partial charge in [0.1, 0.15) is 5.75 Å². The molecule has 0 amide bonds. The first kappa shape index (κ1) is 13.5. The molecule has 19 heavy (non-hydrogen) atoms. The molecule has 0 saturated carbocycles. The van der Waals surface area contributed by atoms with Crippen molar-refractivity contribution >= 4 is 0 Å². The van der Waals surface area contributed by atoms with E-state index in [1.165, 1.54) is 5.69 Å². The van der Waals surface area contributed by atoms with Crippen molar-refractivity contribution in [3.63, 3.8) is 0 Å². The van der Waals surface area contributed by atoms with Crippen LogP contribution in [0.25, 0.3) is 0 Å². The zero-order valence-electron chi connectivity index (χ0n) is 11.2. The van der Waals surface area contributed by atoms with Gasteiger partial charge in [0, 0.05) is 30.7 Å². The fourth-order valence-corrected chi connectivity index (χ4v) is 2.12. The molecule has 0 aliphatic carbocycles. The van der Waals surface area contributed by atoms with Crippen molar-refractivity contribution in [3.05, 3.63) is 42.0 Å². The molecule has 0 spiro atoms. The van der Waals surface area contributed by atoms with Crippen molar-refractivity contribution in [1.82, 2.24) is 20.2 Å². The normalized spacial score (nSPS) is 12.4. The lowest BCUT2D eigenvalue weighted by molar-refractivity contribution is 0.393. The molecule has 2 rings (SSSR count). The Morgan fingerprint density at radius 1 is 1.42 bits per heavy atom. The van der Waals surface area contributed by atoms with Crippen molar-refractivity contribution < 1.29 is 4.74 Å². The maximum atomic E-state index is 5.66. The average molecular weight is 261 g/mol. The Kier molecular flexibility index (Phi) is 4.48. The van der Waals surface area contributed by atoms with Gasteiger partial charge >= 0.3 is 0 Å². The second-order valence-corrected chi connectivity index (χ2v) is 4.32. The number of nitrogens with zero attached hydrogens (tertiary/aromatic N) is 3. The number of hydrazine groups is 1. The van der Waals surface area contributed by atoms with Gasteiger partial charge in [0.2, 0.25) is 0 Å². The molecule has 6 heteroatoms. The summed E-state index contributed by atoms with van der Waals surface area (Å²) in [6, 6.07) is 3.96. The lowest BCUT2D eigenvalue weighted by Gasteiger charge is -2.18. The molecule has 0 fully saturated rings. The van der Waals surface area contributed by atoms with Gasteiger partial charge in [0.15, 0.2) is 0 Å². The van der Waals surface area contributed by atoms with Crippen LogP contribution in [0.15, 0.2) is 30.7 Å². The zero-order valence-corrected chi connectivity index (χ0v) is 11.2. The van der Waals surface area contributed by atoms with Crippen molar-refractivity contribution in [2.75, 3.05) is 7.11 Å². The number of ether oxygens (including phenoxy) is 1. The summed E-state index contributed by atoms with van der Waals surface area (Å²) in [4.78, 5) is 4.05. The summed E-state index contributed by atoms with van der Waals surface area (Å²) in [5.74, 6) is 6.40. The van der Waals surface area contributed by atoms with Crippen LogP contribution in [-0.4, -0.2) is 21.9 Å². The average Bonchev–Trinajstić information content (AvgIpc) is 2.85. The molecule has 0 bridgehead atoms. The number of hydrogen-bond acceptors (Lipinski definition) is 5. The third kappa shape index (κ3) is 3.10. The lowest BCUT2D eigenvalue weighted by atomic mass is 10.0. The third-order valence-corrected chi connectivity index (χ3v) is 3.22. The standard InChI is InChI=1S/C13H19N5O/c1-18-10(5-8-16-18)3-4-12(17-14)11-6-7-15-9-13(11)19-2/h5-9,12,17H,3-4,14H2,1-2H3. The van der Waals surface area contributed by atoms with Gasteiger partial charge in [0.25, 0.3) is 0 Å². The van der Waals surface area contributed by atoms with E-state index < -0.39 is 0 Å². The van der Waals surface area contributed by atoms with E-state index in [0.717, 1.165) is 24.2 Å². The third-order valence-electron chi connectivity index (χ3n) is 3.22. The van der Waals surface area contributed by atoms with Crippen LogP contribution in [0.4, 0.5) is 0 Å². The van der Waals surface area contributed by atoms with Gasteiger partial charge in [-0.1, -0.05) is 0 Å². The molecule has 102 valence electrons. The Labute approximate surface area is 112 Å². The van der Waals surface area contributed by atoms with Gasteiger partial charge < -0.3 is 4.74 Å². The van der Waals surface area contributed by atoms with E-state index in [4.69, 9.17) is 10.6 Å². The smallest absolute Gasteiger partial charge is 0.141 e. The molecule has 6 nitrogen and oxygen atoms in total. The minimum atomic E-state index is 0.0212. The number of rotatable bonds is 6. The van der Waals surface area contributed by atoms with E-state index in [2.05, 4.69) is 15.5 Å². The predicted octanol–water partition coefficient (Wildman–Crippen LogP) is 0.961. The summed E-state index contributed by atoms with van der Waals surface area (Å²) < 4.78 is 7.19. The molecule has 0 saturated heterocycles. The summed E-state index contributed by atoms with van der Waals surface area (Å²) in [6.07, 6.45) is 6.98. The Morgan fingerprint density at radius 2 is 2.26 bits per heavy atom. The zero-order chi connectivity index (χ0) is 13.7. The highest BCUT2D eigenvalue weighted by atomic mass is 16.5. The molecule has 1 unspecified atom stereocenters. The molecular formula is C13H19N5O. The maximum Gasteiger partial charge on any atom is 0.141 e. The quantitative estimate of drug-likeness (QED) is 0.598. The molecule has 2 aromatic heterocycles. The van der Waals surface area contributed by atoms with Gasteiger partial charge in [-0.25, -0.2) is 0 Å². The number of nitrogens with two attached hydrogens (primary N) is 1. The van der Waals surface area contributed by atoms with Crippen LogP contribution in [0.3, 0.4) is 0 Å². The molecule has 0 aromatic carbocycles. The van der Waals surface area contributed by atoms with Crippen LogP contribution >= 0.6 is 0 Å². The molecule has 0 aliphatic heterocycles. The summed E-state index contributed by atoms with van der Waals surface area (Å²) in [7, 11) is 3.57. The number of pyridine rings is 1. The number of nitrogens with one attached hydrogen (secondary N) is 1. The highest BCUT2D eigenvalue weighted by Crippen LogP contribution is 2.26. The van der Waals surface area contributed by atoms with Gasteiger partial charge in [-0.15, -0.1) is 0 Å². The molecule has 0 aliphatic rings. The Bertz CT molecular complexity index is 525. The van der Waals surface area contributed by atoms with E-state index in [9.17, 15) is 0 Å². The SMILES string of the molecule is COc1cnccc1C(CCc1ccnn1C)NN. The Balaban J connectivity index is 2.10. The summed E-state index contributed by atoms with van der Waals surface area (Å²) in [6.45, 7) is 0. The fourth-order valence-electron chi connectivity index (χ4n) is 2.12. The highest BCUT2D eigenvalue weighted by Gasteiger charge is 2.15. The number of hydrogen-bond donors (Lipinski definition) is 2. The predicted molar refractivity (Wildman–Crippen MR) is 72.4 cm³/mol. The second-order valence-electron chi connectivity index (χ2n) is 4.32. The number of aryl methyl sites for hydroxylation is 2. The first-order chi connectivity index (χ1) is 9.26. The van der Waals surface area contributed by atoms with E-state index >= 15 is 0 Å². The minimum Gasteiger partial charge on any atom is -0.495 e. The first-order valence-electron chi connectivity index (χ1n) is 6.17. The van der Waals surface area contributed by atoms with Crippen LogP contribution in [0, 0.1) is 0 Å². The van der Waals surface area contributed by atoms with Gasteiger partial charge in [-0.2, -0.15) is 5.10 Å². The first-order valence-corrected chi connectivity index (χ1v) is 6.17. The van der Waals surface area contributed by atoms with Crippen molar-refractivity contribution in [3.8, 4) is 5.75 Å². The van der Waals surface area contributed by atoms with E-state index in [1.54, 1.807) is 25.7 Å². The van der Waals surface area contributed by atoms with E-state index in [1.807, 2.05) is 23.9 Å². The van der Waals surface area contributed by atoms with Crippen LogP contribution in [-0.2, 0) is 13.5 Å². The molecular weight excluding hydrogens is 242 g/mol. The van der Waals surface area contributed by atoms with E-state index in [-0.39, 0.29) is 6.04 Å². The van der Waals surface area contributed by atoms with Crippen molar-refractivity contribution in [2.45, 2.75) is 18.9 Å². The Morgan fingerprint density at radius 3 is 2.89 bits per heavy atom. The van der Waals surface area contributed by atoms with Gasteiger partial charge in [0.05, 0.1) is 19.3 Å². The maximum absolute atomic E-state index is 5.66. The van der Waals surface area contributed by atoms with Crippen molar-refractivity contribution in [2.24, 2.45) is 12.9 Å². The monoisotopic (exact) mass is 261 g/mol. The van der Waals surface area contributed by atoms with Gasteiger partial charge in [-0.05, 0) is 25.0 Å².